The van der Waals surface area contributed by atoms with Crippen LogP contribution in [0.3, 0.4) is 0 Å². The number of carbonyl (C=O) groups is 1. The molecular formula is C15H21NO2. The highest BCUT2D eigenvalue weighted by Crippen LogP contribution is 2.11. The molecule has 3 nitrogen and oxygen atoms in total. The van der Waals surface area contributed by atoms with Crippen molar-refractivity contribution in [2.75, 3.05) is 0 Å². The van der Waals surface area contributed by atoms with Crippen molar-refractivity contribution < 1.29 is 9.90 Å². The summed E-state index contributed by atoms with van der Waals surface area (Å²) in [4.78, 5) is 11.5. The van der Waals surface area contributed by atoms with Gasteiger partial charge in [-0.2, -0.15) is 0 Å². The Bertz CT molecular complexity index is 417. The summed E-state index contributed by atoms with van der Waals surface area (Å²) in [6, 6.07) is 7.31. The van der Waals surface area contributed by atoms with Crippen molar-refractivity contribution in [3.05, 3.63) is 41.5 Å². The maximum Gasteiger partial charge on any atom is 0.244 e. The minimum Gasteiger partial charge on any atom is -0.508 e. The van der Waals surface area contributed by atoms with Gasteiger partial charge in [0.1, 0.15) is 5.75 Å². The van der Waals surface area contributed by atoms with Crippen LogP contribution in [0.5, 0.6) is 5.75 Å². The highest BCUT2D eigenvalue weighted by atomic mass is 16.3. The molecule has 0 aliphatic heterocycles. The summed E-state index contributed by atoms with van der Waals surface area (Å²) in [7, 11) is 0. The highest BCUT2D eigenvalue weighted by Gasteiger charge is 2.05. The van der Waals surface area contributed by atoms with Gasteiger partial charge in [0.15, 0.2) is 0 Å². The Morgan fingerprint density at radius 2 is 1.94 bits per heavy atom. The molecule has 0 aromatic heterocycles. The first kappa shape index (κ1) is 14.3. The van der Waals surface area contributed by atoms with Crippen LogP contribution in [0.25, 0.3) is 0 Å². The molecule has 0 spiro atoms. The van der Waals surface area contributed by atoms with Crippen molar-refractivity contribution in [2.45, 2.75) is 39.7 Å². The monoisotopic (exact) mass is 247 g/mol. The molecule has 1 aromatic rings. The second-order valence-corrected chi connectivity index (χ2v) is 4.84. The predicted octanol–water partition coefficient (Wildman–Crippen LogP) is 2.80. The molecule has 0 saturated carbocycles. The molecule has 1 unspecified atom stereocenters. The summed E-state index contributed by atoms with van der Waals surface area (Å²) in [6.45, 7) is 5.80. The van der Waals surface area contributed by atoms with Crippen LogP contribution in [0.1, 0.15) is 32.8 Å². The molecule has 0 fully saturated rings. The molecule has 0 bridgehead atoms. The van der Waals surface area contributed by atoms with E-state index in [-0.39, 0.29) is 17.7 Å². The number of amides is 1. The fourth-order valence-electron chi connectivity index (χ4n) is 1.66. The van der Waals surface area contributed by atoms with Crippen LogP contribution < -0.4 is 5.32 Å². The number of aromatic hydroxyl groups is 1. The Morgan fingerprint density at radius 3 is 2.50 bits per heavy atom. The second-order valence-electron chi connectivity index (χ2n) is 4.84. The smallest absolute Gasteiger partial charge is 0.244 e. The average molecular weight is 247 g/mol. The Hall–Kier alpha value is -1.77. The van der Waals surface area contributed by atoms with E-state index in [9.17, 15) is 9.90 Å². The van der Waals surface area contributed by atoms with E-state index < -0.39 is 0 Å². The van der Waals surface area contributed by atoms with Gasteiger partial charge in [-0.3, -0.25) is 4.79 Å². The highest BCUT2D eigenvalue weighted by molar-refractivity contribution is 5.88. The van der Waals surface area contributed by atoms with E-state index >= 15 is 0 Å². The molecule has 1 amide bonds. The van der Waals surface area contributed by atoms with Crippen molar-refractivity contribution in [3.63, 3.8) is 0 Å². The Labute approximate surface area is 109 Å². The summed E-state index contributed by atoms with van der Waals surface area (Å²) in [6.07, 6.45) is 3.38. The number of phenols is 1. The van der Waals surface area contributed by atoms with E-state index in [0.717, 1.165) is 24.0 Å². The van der Waals surface area contributed by atoms with Crippen molar-refractivity contribution in [2.24, 2.45) is 0 Å². The molecule has 0 heterocycles. The lowest BCUT2D eigenvalue weighted by molar-refractivity contribution is -0.117. The number of aryl methyl sites for hydroxylation is 1. The number of benzene rings is 1. The molecule has 0 aliphatic rings. The van der Waals surface area contributed by atoms with Crippen LogP contribution in [-0.4, -0.2) is 17.1 Å². The lowest BCUT2D eigenvalue weighted by Gasteiger charge is -2.12. The van der Waals surface area contributed by atoms with Crippen molar-refractivity contribution >= 4 is 5.91 Å². The van der Waals surface area contributed by atoms with Gasteiger partial charge in [0.05, 0.1) is 0 Å². The SMILES string of the molecule is CC(C)=CC(=O)NC(C)CCc1ccc(O)cc1. The molecular weight excluding hydrogens is 226 g/mol. The number of hydrogen-bond donors (Lipinski definition) is 2. The van der Waals surface area contributed by atoms with Gasteiger partial charge in [0, 0.05) is 12.1 Å². The van der Waals surface area contributed by atoms with E-state index in [1.165, 1.54) is 0 Å². The lowest BCUT2D eigenvalue weighted by atomic mass is 10.1. The topological polar surface area (TPSA) is 49.3 Å². The number of nitrogens with one attached hydrogen (secondary N) is 1. The lowest BCUT2D eigenvalue weighted by Crippen LogP contribution is -2.31. The molecule has 3 heteroatoms. The summed E-state index contributed by atoms with van der Waals surface area (Å²) in [5.74, 6) is 0.247. The molecule has 1 rings (SSSR count). The van der Waals surface area contributed by atoms with Gasteiger partial charge in [-0.1, -0.05) is 17.7 Å². The van der Waals surface area contributed by atoms with Crippen LogP contribution in [0.2, 0.25) is 0 Å². The van der Waals surface area contributed by atoms with Crippen molar-refractivity contribution in [1.82, 2.24) is 5.32 Å². The molecule has 1 aromatic carbocycles. The summed E-state index contributed by atoms with van der Waals surface area (Å²) in [5.41, 5.74) is 2.16. The molecule has 0 aliphatic carbocycles. The van der Waals surface area contributed by atoms with Crippen LogP contribution in [0.15, 0.2) is 35.9 Å². The summed E-state index contributed by atoms with van der Waals surface area (Å²) < 4.78 is 0. The first-order valence-electron chi connectivity index (χ1n) is 6.20. The van der Waals surface area contributed by atoms with Crippen molar-refractivity contribution in [1.29, 1.82) is 0 Å². The van der Waals surface area contributed by atoms with Crippen LogP contribution in [-0.2, 0) is 11.2 Å². The van der Waals surface area contributed by atoms with Crippen LogP contribution >= 0.6 is 0 Å². The largest absolute Gasteiger partial charge is 0.508 e. The zero-order valence-corrected chi connectivity index (χ0v) is 11.2. The van der Waals surface area contributed by atoms with E-state index in [2.05, 4.69) is 5.32 Å². The third kappa shape index (κ3) is 5.53. The standard InChI is InChI=1S/C15H21NO2/c1-11(2)10-15(18)16-12(3)4-5-13-6-8-14(17)9-7-13/h6-10,12,17H,4-5H2,1-3H3,(H,16,18). The molecule has 18 heavy (non-hydrogen) atoms. The molecule has 98 valence electrons. The number of phenolic OH excluding ortho intramolecular Hbond substituents is 1. The Kier molecular flexibility index (Phi) is 5.43. The quantitative estimate of drug-likeness (QED) is 0.786. The van der Waals surface area contributed by atoms with E-state index in [1.54, 1.807) is 18.2 Å². The summed E-state index contributed by atoms with van der Waals surface area (Å²) >= 11 is 0. The minimum absolute atomic E-state index is 0.0341. The van der Waals surface area contributed by atoms with Crippen molar-refractivity contribution in [3.8, 4) is 5.75 Å². The van der Waals surface area contributed by atoms with Crippen LogP contribution in [0.4, 0.5) is 0 Å². The Balaban J connectivity index is 2.37. The zero-order valence-electron chi connectivity index (χ0n) is 11.2. The van der Waals surface area contributed by atoms with Gasteiger partial charge in [-0.05, 0) is 51.3 Å². The van der Waals surface area contributed by atoms with Gasteiger partial charge >= 0.3 is 0 Å². The maximum atomic E-state index is 11.5. The van der Waals surface area contributed by atoms with E-state index in [0.29, 0.717) is 0 Å². The van der Waals surface area contributed by atoms with Gasteiger partial charge < -0.3 is 10.4 Å². The minimum atomic E-state index is -0.0341. The van der Waals surface area contributed by atoms with E-state index in [4.69, 9.17) is 0 Å². The van der Waals surface area contributed by atoms with Crippen LogP contribution in [0, 0.1) is 0 Å². The van der Waals surface area contributed by atoms with E-state index in [1.807, 2.05) is 32.9 Å². The second kappa shape index (κ2) is 6.84. The van der Waals surface area contributed by atoms with Gasteiger partial charge in [0.2, 0.25) is 5.91 Å². The number of hydrogen-bond acceptors (Lipinski definition) is 2. The first-order valence-corrected chi connectivity index (χ1v) is 6.20. The third-order valence-corrected chi connectivity index (χ3v) is 2.61. The summed E-state index contributed by atoms with van der Waals surface area (Å²) in [5, 5.41) is 12.1. The van der Waals surface area contributed by atoms with Gasteiger partial charge in [-0.15, -0.1) is 0 Å². The molecule has 0 saturated heterocycles. The number of allylic oxidation sites excluding steroid dienone is 1. The molecule has 2 N–H and O–H groups in total. The maximum absolute atomic E-state index is 11.5. The number of carbonyl (C=O) groups excluding carboxylic acids is 1. The third-order valence-electron chi connectivity index (χ3n) is 2.61. The number of rotatable bonds is 5. The predicted molar refractivity (Wildman–Crippen MR) is 73.5 cm³/mol. The average Bonchev–Trinajstić information content (AvgIpc) is 2.27. The fraction of sp³-hybridized carbons (Fsp3) is 0.400. The Morgan fingerprint density at radius 1 is 1.33 bits per heavy atom. The normalized spacial score (nSPS) is 11.7. The first-order chi connectivity index (χ1) is 8.47. The molecule has 0 radical (unpaired) electrons. The zero-order chi connectivity index (χ0) is 13.5. The fourth-order valence-corrected chi connectivity index (χ4v) is 1.66. The molecule has 1 atom stereocenters. The van der Waals surface area contributed by atoms with Gasteiger partial charge in [-0.25, -0.2) is 0 Å². The van der Waals surface area contributed by atoms with Gasteiger partial charge in [0.25, 0.3) is 0 Å².